The third kappa shape index (κ3) is 4.43. The van der Waals surface area contributed by atoms with Crippen LogP contribution in [0.2, 0.25) is 0 Å². The average Bonchev–Trinajstić information content (AvgIpc) is 3.05. The van der Waals surface area contributed by atoms with E-state index >= 15 is 0 Å². The number of anilines is 3. The Morgan fingerprint density at radius 1 is 1.17 bits per heavy atom. The second-order valence-corrected chi connectivity index (χ2v) is 7.68. The number of nitrogens with one attached hydrogen (secondary N) is 3. The van der Waals surface area contributed by atoms with E-state index in [0.717, 1.165) is 30.0 Å². The summed E-state index contributed by atoms with van der Waals surface area (Å²) in [4.78, 5) is 14.7. The molecule has 3 N–H and O–H groups in total. The van der Waals surface area contributed by atoms with Crippen molar-refractivity contribution in [3.63, 3.8) is 0 Å². The van der Waals surface area contributed by atoms with Crippen LogP contribution in [0.15, 0.2) is 42.6 Å². The quantitative estimate of drug-likeness (QED) is 0.634. The summed E-state index contributed by atoms with van der Waals surface area (Å²) in [5.74, 6) is -0.705. The maximum atomic E-state index is 14.1. The van der Waals surface area contributed by atoms with Crippen molar-refractivity contribution in [2.45, 2.75) is 26.2 Å². The Balaban J connectivity index is 1.39. The standard InChI is InChI=1S/C23H27FN4O/c1-16-14-17(8-9-20(16)25-10-13-28-11-3-2-4-12-28)26-15-18-22-19(24)6-5-7-21(22)27-23(18)29/h5-9,14-15,25-26H,2-4,10-13H2,1H3,(H,27,29). The first-order valence-corrected chi connectivity index (χ1v) is 10.3. The number of aryl methyl sites for hydroxylation is 1. The van der Waals surface area contributed by atoms with Crippen molar-refractivity contribution in [1.29, 1.82) is 0 Å². The minimum absolute atomic E-state index is 0.301. The third-order valence-corrected chi connectivity index (χ3v) is 5.58. The number of piperidine rings is 1. The number of fused-ring (bicyclic) bond motifs is 1. The molecule has 0 spiro atoms. The lowest BCUT2D eigenvalue weighted by atomic mass is 10.1. The van der Waals surface area contributed by atoms with Crippen LogP contribution < -0.4 is 16.0 Å². The summed E-state index contributed by atoms with van der Waals surface area (Å²) in [5.41, 5.74) is 4.21. The van der Waals surface area contributed by atoms with Crippen molar-refractivity contribution in [2.75, 3.05) is 42.1 Å². The van der Waals surface area contributed by atoms with E-state index in [0.29, 0.717) is 16.8 Å². The highest BCUT2D eigenvalue weighted by molar-refractivity contribution is 6.31. The fraction of sp³-hybridized carbons (Fsp3) is 0.348. The van der Waals surface area contributed by atoms with Crippen LogP contribution in [0.1, 0.15) is 30.4 Å². The molecule has 5 nitrogen and oxygen atoms in total. The number of hydrogen-bond acceptors (Lipinski definition) is 4. The molecule has 1 amide bonds. The van der Waals surface area contributed by atoms with Gasteiger partial charge in [-0.05, 0) is 68.8 Å². The van der Waals surface area contributed by atoms with E-state index < -0.39 is 5.82 Å². The lowest BCUT2D eigenvalue weighted by Crippen LogP contribution is -2.33. The van der Waals surface area contributed by atoms with Crippen molar-refractivity contribution < 1.29 is 9.18 Å². The van der Waals surface area contributed by atoms with Gasteiger partial charge in [0.15, 0.2) is 0 Å². The van der Waals surface area contributed by atoms with Gasteiger partial charge in [-0.1, -0.05) is 12.5 Å². The van der Waals surface area contributed by atoms with E-state index in [2.05, 4.69) is 27.8 Å². The largest absolute Gasteiger partial charge is 0.384 e. The zero-order chi connectivity index (χ0) is 20.2. The minimum Gasteiger partial charge on any atom is -0.384 e. The van der Waals surface area contributed by atoms with Gasteiger partial charge in [-0.2, -0.15) is 0 Å². The van der Waals surface area contributed by atoms with E-state index in [1.165, 1.54) is 38.4 Å². The summed E-state index contributed by atoms with van der Waals surface area (Å²) in [6.45, 7) is 6.45. The van der Waals surface area contributed by atoms with Gasteiger partial charge in [-0.3, -0.25) is 4.79 Å². The number of benzene rings is 2. The lowest BCUT2D eigenvalue weighted by Gasteiger charge is -2.26. The molecule has 2 heterocycles. The molecule has 0 aromatic heterocycles. The van der Waals surface area contributed by atoms with Crippen LogP contribution in [-0.2, 0) is 4.79 Å². The fourth-order valence-corrected chi connectivity index (χ4v) is 3.98. The van der Waals surface area contributed by atoms with E-state index in [1.807, 2.05) is 18.2 Å². The van der Waals surface area contributed by atoms with E-state index in [1.54, 1.807) is 18.3 Å². The highest BCUT2D eigenvalue weighted by atomic mass is 19.1. The van der Waals surface area contributed by atoms with Gasteiger partial charge in [0.25, 0.3) is 5.91 Å². The Labute approximate surface area is 171 Å². The van der Waals surface area contributed by atoms with Gasteiger partial charge >= 0.3 is 0 Å². The molecule has 1 saturated heterocycles. The van der Waals surface area contributed by atoms with Crippen molar-refractivity contribution in [1.82, 2.24) is 4.90 Å². The van der Waals surface area contributed by atoms with Crippen LogP contribution in [0.25, 0.3) is 5.57 Å². The molecule has 2 aromatic rings. The number of amides is 1. The summed E-state index contributed by atoms with van der Waals surface area (Å²) in [6, 6.07) is 10.7. The number of rotatable bonds is 6. The smallest absolute Gasteiger partial charge is 0.257 e. The molecule has 4 rings (SSSR count). The predicted octanol–water partition coefficient (Wildman–Crippen LogP) is 4.44. The molecule has 1 fully saturated rings. The third-order valence-electron chi connectivity index (χ3n) is 5.58. The number of carbonyl (C=O) groups is 1. The average molecular weight is 394 g/mol. The second-order valence-electron chi connectivity index (χ2n) is 7.68. The normalized spacial score (nSPS) is 17.9. The molecular formula is C23H27FN4O. The van der Waals surface area contributed by atoms with Crippen LogP contribution in [0, 0.1) is 12.7 Å². The van der Waals surface area contributed by atoms with Gasteiger partial charge < -0.3 is 20.9 Å². The highest BCUT2D eigenvalue weighted by Gasteiger charge is 2.27. The van der Waals surface area contributed by atoms with Gasteiger partial charge in [-0.25, -0.2) is 4.39 Å². The molecule has 0 atom stereocenters. The molecule has 2 aliphatic rings. The van der Waals surface area contributed by atoms with Crippen molar-refractivity contribution >= 4 is 28.5 Å². The Kier molecular flexibility index (Phi) is 5.81. The first kappa shape index (κ1) is 19.5. The van der Waals surface area contributed by atoms with Gasteiger partial charge in [0.2, 0.25) is 0 Å². The Morgan fingerprint density at radius 2 is 2.00 bits per heavy atom. The second kappa shape index (κ2) is 8.66. The molecule has 0 bridgehead atoms. The molecule has 2 aromatic carbocycles. The lowest BCUT2D eigenvalue weighted by molar-refractivity contribution is -0.110. The number of nitrogens with zero attached hydrogens (tertiary/aromatic N) is 1. The molecule has 2 aliphatic heterocycles. The van der Waals surface area contributed by atoms with Gasteiger partial charge in [0.05, 0.1) is 11.3 Å². The molecule has 152 valence electrons. The summed E-state index contributed by atoms with van der Waals surface area (Å²) in [5, 5.41) is 9.34. The van der Waals surface area contributed by atoms with E-state index in [9.17, 15) is 9.18 Å². The fourth-order valence-electron chi connectivity index (χ4n) is 3.98. The van der Waals surface area contributed by atoms with Gasteiger partial charge in [-0.15, -0.1) is 0 Å². The zero-order valence-electron chi connectivity index (χ0n) is 16.7. The maximum absolute atomic E-state index is 14.1. The molecule has 0 unspecified atom stereocenters. The monoisotopic (exact) mass is 394 g/mol. The summed E-state index contributed by atoms with van der Waals surface area (Å²) >= 11 is 0. The van der Waals surface area contributed by atoms with Crippen LogP contribution in [0.5, 0.6) is 0 Å². The molecule has 0 aliphatic carbocycles. The van der Waals surface area contributed by atoms with Gasteiger partial charge in [0.1, 0.15) is 5.82 Å². The van der Waals surface area contributed by atoms with Crippen molar-refractivity contribution in [3.8, 4) is 0 Å². The number of carbonyl (C=O) groups excluding carboxylic acids is 1. The summed E-state index contributed by atoms with van der Waals surface area (Å²) in [6.07, 6.45) is 5.54. The molecule has 29 heavy (non-hydrogen) atoms. The number of halogens is 1. The van der Waals surface area contributed by atoms with E-state index in [-0.39, 0.29) is 5.91 Å². The maximum Gasteiger partial charge on any atom is 0.257 e. The number of likely N-dealkylation sites (tertiary alicyclic amines) is 1. The molecular weight excluding hydrogens is 367 g/mol. The molecule has 0 saturated carbocycles. The number of hydrogen-bond donors (Lipinski definition) is 3. The molecule has 6 heteroatoms. The first-order valence-electron chi connectivity index (χ1n) is 10.3. The van der Waals surface area contributed by atoms with Crippen LogP contribution in [0.4, 0.5) is 21.5 Å². The zero-order valence-corrected chi connectivity index (χ0v) is 16.7. The van der Waals surface area contributed by atoms with Crippen molar-refractivity contribution in [2.24, 2.45) is 0 Å². The minimum atomic E-state index is -0.404. The summed E-state index contributed by atoms with van der Waals surface area (Å²) < 4.78 is 14.1. The Morgan fingerprint density at radius 3 is 2.79 bits per heavy atom. The predicted molar refractivity (Wildman–Crippen MR) is 117 cm³/mol. The van der Waals surface area contributed by atoms with Crippen LogP contribution in [-0.4, -0.2) is 37.0 Å². The van der Waals surface area contributed by atoms with Crippen LogP contribution in [0.3, 0.4) is 0 Å². The summed E-state index contributed by atoms with van der Waals surface area (Å²) in [7, 11) is 0. The highest BCUT2D eigenvalue weighted by Crippen LogP contribution is 2.33. The van der Waals surface area contributed by atoms with Gasteiger partial charge in [0, 0.05) is 36.2 Å². The Bertz CT molecular complexity index is 934. The topological polar surface area (TPSA) is 56.4 Å². The van der Waals surface area contributed by atoms with Crippen LogP contribution >= 0.6 is 0 Å². The van der Waals surface area contributed by atoms with Crippen molar-refractivity contribution in [3.05, 3.63) is 59.5 Å². The first-order chi connectivity index (χ1) is 14.1. The van der Waals surface area contributed by atoms with E-state index in [4.69, 9.17) is 0 Å². The SMILES string of the molecule is Cc1cc(NC=C2C(=O)Nc3cccc(F)c32)ccc1NCCN1CCCCC1. The molecule has 0 radical (unpaired) electrons. The Hall–Kier alpha value is -2.86.